The van der Waals surface area contributed by atoms with Crippen LogP contribution in [0.15, 0.2) is 23.1 Å². The molecule has 2 N–H and O–H groups in total. The summed E-state index contributed by atoms with van der Waals surface area (Å²) in [6, 6.07) is 4.90. The van der Waals surface area contributed by atoms with Gasteiger partial charge in [0.25, 0.3) is 0 Å². The molecule has 142 valence electrons. The van der Waals surface area contributed by atoms with Gasteiger partial charge in [-0.1, -0.05) is 6.07 Å². The summed E-state index contributed by atoms with van der Waals surface area (Å²) >= 11 is 0.975. The Morgan fingerprint density at radius 3 is 2.92 bits per heavy atom. The standard InChI is InChI=1S/C16H22N4O4S2/c21-11-12-3-2-9-20(10-7-15(22)17-8-6-12)26(23,24)14-5-1-4-13-16(14)19-25-18-13/h1,4-5,12,21H,2-3,6-11H2,(H,17,22). The van der Waals surface area contributed by atoms with E-state index in [1.54, 1.807) is 12.1 Å². The maximum absolute atomic E-state index is 13.2. The van der Waals surface area contributed by atoms with Gasteiger partial charge in [0.1, 0.15) is 15.9 Å². The average molecular weight is 399 g/mol. The second kappa shape index (κ2) is 8.38. The lowest BCUT2D eigenvalue weighted by Gasteiger charge is -2.22. The molecule has 8 nitrogen and oxygen atoms in total. The molecule has 0 radical (unpaired) electrons. The number of aromatic nitrogens is 2. The Balaban J connectivity index is 1.88. The average Bonchev–Trinajstić information content (AvgIpc) is 3.09. The summed E-state index contributed by atoms with van der Waals surface area (Å²) in [7, 11) is -3.79. The van der Waals surface area contributed by atoms with Crippen molar-refractivity contribution in [1.29, 1.82) is 0 Å². The number of aliphatic hydroxyl groups excluding tert-OH is 1. The molecule has 0 saturated carbocycles. The van der Waals surface area contributed by atoms with Crippen molar-refractivity contribution in [1.82, 2.24) is 18.4 Å². The van der Waals surface area contributed by atoms with Gasteiger partial charge >= 0.3 is 0 Å². The Hall–Kier alpha value is -1.62. The van der Waals surface area contributed by atoms with Crippen molar-refractivity contribution in [3.8, 4) is 0 Å². The number of nitrogens with zero attached hydrogens (tertiary/aromatic N) is 3. The van der Waals surface area contributed by atoms with Crippen LogP contribution >= 0.6 is 11.7 Å². The van der Waals surface area contributed by atoms with Crippen LogP contribution in [-0.4, -0.2) is 58.7 Å². The quantitative estimate of drug-likeness (QED) is 0.797. The zero-order valence-electron chi connectivity index (χ0n) is 14.3. The zero-order valence-corrected chi connectivity index (χ0v) is 15.9. The van der Waals surface area contributed by atoms with Crippen molar-refractivity contribution in [3.05, 3.63) is 18.2 Å². The zero-order chi connectivity index (χ0) is 18.6. The minimum absolute atomic E-state index is 0.0341. The van der Waals surface area contributed by atoms with Gasteiger partial charge < -0.3 is 10.4 Å². The molecule has 1 amide bonds. The Kier molecular flexibility index (Phi) is 6.17. The van der Waals surface area contributed by atoms with Gasteiger partial charge in [0, 0.05) is 32.7 Å². The molecule has 1 aliphatic heterocycles. The molecule has 1 fully saturated rings. The maximum Gasteiger partial charge on any atom is 0.245 e. The lowest BCUT2D eigenvalue weighted by atomic mass is 10.0. The van der Waals surface area contributed by atoms with Crippen molar-refractivity contribution >= 4 is 38.7 Å². The van der Waals surface area contributed by atoms with E-state index in [2.05, 4.69) is 14.1 Å². The van der Waals surface area contributed by atoms with E-state index < -0.39 is 10.0 Å². The van der Waals surface area contributed by atoms with E-state index in [-0.39, 0.29) is 36.3 Å². The van der Waals surface area contributed by atoms with Gasteiger partial charge in [0.05, 0.1) is 11.7 Å². The van der Waals surface area contributed by atoms with E-state index in [1.807, 2.05) is 0 Å². The molecule has 1 unspecified atom stereocenters. The molecule has 0 aliphatic carbocycles. The number of nitrogens with one attached hydrogen (secondary N) is 1. The van der Waals surface area contributed by atoms with E-state index in [9.17, 15) is 18.3 Å². The number of benzene rings is 1. The molecule has 1 saturated heterocycles. The summed E-state index contributed by atoms with van der Waals surface area (Å²) in [5, 5.41) is 12.2. The van der Waals surface area contributed by atoms with Crippen LogP contribution in [0.2, 0.25) is 0 Å². The highest BCUT2D eigenvalue weighted by molar-refractivity contribution is 7.89. The Morgan fingerprint density at radius 2 is 2.12 bits per heavy atom. The number of carbonyl (C=O) groups is 1. The lowest BCUT2D eigenvalue weighted by Crippen LogP contribution is -2.36. The third-order valence-corrected chi connectivity index (χ3v) is 7.08. The van der Waals surface area contributed by atoms with E-state index in [0.29, 0.717) is 43.4 Å². The van der Waals surface area contributed by atoms with Crippen LogP contribution in [0.1, 0.15) is 25.7 Å². The van der Waals surface area contributed by atoms with Crippen molar-refractivity contribution in [2.45, 2.75) is 30.6 Å². The molecule has 0 bridgehead atoms. The number of fused-ring (bicyclic) bond motifs is 1. The van der Waals surface area contributed by atoms with E-state index in [0.717, 1.165) is 11.7 Å². The molecule has 1 aromatic carbocycles. The van der Waals surface area contributed by atoms with E-state index in [1.165, 1.54) is 10.4 Å². The fourth-order valence-corrected chi connectivity index (χ4v) is 5.33. The third kappa shape index (κ3) is 4.20. The summed E-state index contributed by atoms with van der Waals surface area (Å²) in [5.41, 5.74) is 0.913. The molecule has 1 aromatic heterocycles. The molecule has 0 spiro atoms. The van der Waals surface area contributed by atoms with Crippen molar-refractivity contribution in [2.24, 2.45) is 5.92 Å². The van der Waals surface area contributed by atoms with Crippen LogP contribution in [0.5, 0.6) is 0 Å². The van der Waals surface area contributed by atoms with E-state index in [4.69, 9.17) is 0 Å². The lowest BCUT2D eigenvalue weighted by molar-refractivity contribution is -0.121. The number of carbonyl (C=O) groups excluding carboxylic acids is 1. The topological polar surface area (TPSA) is 112 Å². The SMILES string of the molecule is O=C1CCN(S(=O)(=O)c2cccc3nsnc23)CCCC(CO)CCN1. The van der Waals surface area contributed by atoms with Gasteiger partial charge in [0.15, 0.2) is 0 Å². The number of sulfonamides is 1. The molecule has 2 heterocycles. The minimum Gasteiger partial charge on any atom is -0.396 e. The number of rotatable bonds is 3. The summed E-state index contributed by atoms with van der Waals surface area (Å²) in [5.74, 6) is -0.124. The normalized spacial score (nSPS) is 21.3. The predicted molar refractivity (Wildman–Crippen MR) is 98.2 cm³/mol. The molecular formula is C16H22N4O4S2. The smallest absolute Gasteiger partial charge is 0.245 e. The Labute approximate surface area is 156 Å². The van der Waals surface area contributed by atoms with Crippen LogP contribution in [0.4, 0.5) is 0 Å². The molecule has 1 atom stereocenters. The van der Waals surface area contributed by atoms with Gasteiger partial charge in [0.2, 0.25) is 15.9 Å². The van der Waals surface area contributed by atoms with Crippen molar-refractivity contribution in [3.63, 3.8) is 0 Å². The van der Waals surface area contributed by atoms with Gasteiger partial charge in [-0.15, -0.1) is 0 Å². The first-order valence-corrected chi connectivity index (χ1v) is 10.8. The van der Waals surface area contributed by atoms with Crippen LogP contribution in [0, 0.1) is 5.92 Å². The van der Waals surface area contributed by atoms with Gasteiger partial charge in [-0.25, -0.2) is 8.42 Å². The first-order chi connectivity index (χ1) is 12.5. The largest absolute Gasteiger partial charge is 0.396 e. The molecular weight excluding hydrogens is 376 g/mol. The van der Waals surface area contributed by atoms with E-state index >= 15 is 0 Å². The molecule has 10 heteroatoms. The first-order valence-electron chi connectivity index (χ1n) is 8.61. The first kappa shape index (κ1) is 19.2. The van der Waals surface area contributed by atoms with Crippen molar-refractivity contribution in [2.75, 3.05) is 26.2 Å². The van der Waals surface area contributed by atoms with Crippen molar-refractivity contribution < 1.29 is 18.3 Å². The summed E-state index contributed by atoms with van der Waals surface area (Å²) < 4.78 is 35.9. The highest BCUT2D eigenvalue weighted by Gasteiger charge is 2.28. The molecule has 1 aliphatic rings. The van der Waals surface area contributed by atoms with Gasteiger partial charge in [-0.05, 0) is 37.3 Å². The van der Waals surface area contributed by atoms with Gasteiger partial charge in [-0.3, -0.25) is 4.79 Å². The fourth-order valence-electron chi connectivity index (χ4n) is 3.09. The number of hydrogen-bond acceptors (Lipinski definition) is 7. The monoisotopic (exact) mass is 398 g/mol. The highest BCUT2D eigenvalue weighted by atomic mass is 32.2. The summed E-state index contributed by atoms with van der Waals surface area (Å²) in [6.07, 6.45) is 2.14. The molecule has 3 rings (SSSR count). The van der Waals surface area contributed by atoms with Crippen LogP contribution in [-0.2, 0) is 14.8 Å². The maximum atomic E-state index is 13.2. The number of aliphatic hydroxyl groups is 1. The predicted octanol–water partition coefficient (Wildman–Crippen LogP) is 0.981. The second-order valence-electron chi connectivity index (χ2n) is 6.37. The van der Waals surface area contributed by atoms with Crippen LogP contribution in [0.3, 0.4) is 0 Å². The fraction of sp³-hybridized carbons (Fsp3) is 0.562. The van der Waals surface area contributed by atoms with Crippen LogP contribution in [0.25, 0.3) is 11.0 Å². The molecule has 26 heavy (non-hydrogen) atoms. The summed E-state index contributed by atoms with van der Waals surface area (Å²) in [4.78, 5) is 12.1. The number of hydrogen-bond donors (Lipinski definition) is 2. The number of amides is 1. The second-order valence-corrected chi connectivity index (χ2v) is 8.81. The highest BCUT2D eigenvalue weighted by Crippen LogP contribution is 2.25. The molecule has 2 aromatic rings. The third-order valence-electron chi connectivity index (χ3n) is 4.61. The summed E-state index contributed by atoms with van der Waals surface area (Å²) in [6.45, 7) is 0.957. The Morgan fingerprint density at radius 1 is 1.27 bits per heavy atom. The Bertz CT molecular complexity index is 868. The van der Waals surface area contributed by atoms with Gasteiger partial charge in [-0.2, -0.15) is 13.1 Å². The minimum atomic E-state index is -3.79. The van der Waals surface area contributed by atoms with Crippen LogP contribution < -0.4 is 5.32 Å².